The molecule has 0 aromatic rings. The van der Waals surface area contributed by atoms with Gasteiger partial charge < -0.3 is 15.4 Å². The van der Waals surface area contributed by atoms with Crippen LogP contribution < -0.4 is 10.6 Å². The highest BCUT2D eigenvalue weighted by Gasteiger charge is 2.22. The molecule has 2 rings (SSSR count). The molecule has 0 bridgehead atoms. The van der Waals surface area contributed by atoms with E-state index >= 15 is 0 Å². The van der Waals surface area contributed by atoms with Gasteiger partial charge in [0.25, 0.3) is 0 Å². The van der Waals surface area contributed by atoms with Crippen molar-refractivity contribution >= 4 is 5.91 Å². The quantitative estimate of drug-likeness (QED) is 0.710. The van der Waals surface area contributed by atoms with E-state index in [2.05, 4.69) is 10.6 Å². The van der Waals surface area contributed by atoms with Crippen LogP contribution in [0.4, 0.5) is 0 Å². The largest absolute Gasteiger partial charge is 0.378 e. The maximum absolute atomic E-state index is 11.6. The summed E-state index contributed by atoms with van der Waals surface area (Å²) in [5.74, 6) is 0.158. The summed E-state index contributed by atoms with van der Waals surface area (Å²) in [5, 5.41) is 6.16. The third-order valence-corrected chi connectivity index (χ3v) is 3.17. The van der Waals surface area contributed by atoms with Crippen LogP contribution in [0.3, 0.4) is 0 Å². The molecule has 2 unspecified atom stereocenters. The summed E-state index contributed by atoms with van der Waals surface area (Å²) in [6.07, 6.45) is 5.75. The van der Waals surface area contributed by atoms with E-state index in [0.29, 0.717) is 6.10 Å². The van der Waals surface area contributed by atoms with E-state index in [9.17, 15) is 4.79 Å². The second-order valence-corrected chi connectivity index (χ2v) is 4.36. The van der Waals surface area contributed by atoms with E-state index < -0.39 is 0 Å². The second kappa shape index (κ2) is 5.47. The average molecular weight is 212 g/mol. The van der Waals surface area contributed by atoms with Gasteiger partial charge in [-0.1, -0.05) is 0 Å². The van der Waals surface area contributed by atoms with E-state index in [4.69, 9.17) is 4.74 Å². The molecule has 2 N–H and O–H groups in total. The fourth-order valence-electron chi connectivity index (χ4n) is 2.26. The van der Waals surface area contributed by atoms with Gasteiger partial charge in [0.2, 0.25) is 5.91 Å². The number of carbonyl (C=O) groups is 1. The molecular formula is C11H20N2O2. The van der Waals surface area contributed by atoms with Crippen LogP contribution in [-0.4, -0.2) is 37.7 Å². The summed E-state index contributed by atoms with van der Waals surface area (Å²) in [5.41, 5.74) is 0. The Morgan fingerprint density at radius 2 is 2.33 bits per heavy atom. The third kappa shape index (κ3) is 3.18. The molecular weight excluding hydrogens is 192 g/mol. The summed E-state index contributed by atoms with van der Waals surface area (Å²) in [6, 6.07) is 0.0505. The topological polar surface area (TPSA) is 50.4 Å². The predicted molar refractivity (Wildman–Crippen MR) is 57.6 cm³/mol. The van der Waals surface area contributed by atoms with E-state index in [1.54, 1.807) is 0 Å². The van der Waals surface area contributed by atoms with Crippen LogP contribution in [0.15, 0.2) is 0 Å². The third-order valence-electron chi connectivity index (χ3n) is 3.17. The van der Waals surface area contributed by atoms with Crippen LogP contribution in [0.25, 0.3) is 0 Å². The Morgan fingerprint density at radius 1 is 1.40 bits per heavy atom. The molecule has 2 heterocycles. The Labute approximate surface area is 90.8 Å². The number of nitrogens with one attached hydrogen (secondary N) is 2. The van der Waals surface area contributed by atoms with E-state index in [-0.39, 0.29) is 11.9 Å². The summed E-state index contributed by atoms with van der Waals surface area (Å²) in [6.45, 7) is 2.62. The molecule has 0 radical (unpaired) electrons. The van der Waals surface area contributed by atoms with E-state index in [0.717, 1.165) is 45.4 Å². The van der Waals surface area contributed by atoms with Crippen LogP contribution in [0, 0.1) is 0 Å². The van der Waals surface area contributed by atoms with Gasteiger partial charge in [-0.3, -0.25) is 4.79 Å². The summed E-state index contributed by atoms with van der Waals surface area (Å²) in [4.78, 5) is 11.6. The van der Waals surface area contributed by atoms with Gasteiger partial charge in [-0.2, -0.15) is 0 Å². The van der Waals surface area contributed by atoms with Gasteiger partial charge in [-0.15, -0.1) is 0 Å². The van der Waals surface area contributed by atoms with Crippen LogP contribution >= 0.6 is 0 Å². The van der Waals surface area contributed by atoms with Gasteiger partial charge in [0.1, 0.15) is 0 Å². The maximum atomic E-state index is 11.6. The zero-order valence-corrected chi connectivity index (χ0v) is 9.13. The maximum Gasteiger partial charge on any atom is 0.237 e. The number of ether oxygens (including phenoxy) is 1. The molecule has 2 aliphatic heterocycles. The van der Waals surface area contributed by atoms with Crippen molar-refractivity contribution in [3.8, 4) is 0 Å². The summed E-state index contributed by atoms with van der Waals surface area (Å²) in [7, 11) is 0. The number of rotatable bonds is 4. The van der Waals surface area contributed by atoms with E-state index in [1.165, 1.54) is 6.42 Å². The predicted octanol–water partition coefficient (Wildman–Crippen LogP) is 0.424. The first-order valence-electron chi connectivity index (χ1n) is 5.99. The minimum Gasteiger partial charge on any atom is -0.378 e. The molecule has 0 aliphatic carbocycles. The number of amides is 1. The van der Waals surface area contributed by atoms with Crippen LogP contribution in [-0.2, 0) is 9.53 Å². The molecule has 15 heavy (non-hydrogen) atoms. The lowest BCUT2D eigenvalue weighted by atomic mass is 10.1. The molecule has 2 atom stereocenters. The molecule has 0 aromatic carbocycles. The monoisotopic (exact) mass is 212 g/mol. The lowest BCUT2D eigenvalue weighted by Crippen LogP contribution is -2.41. The zero-order valence-electron chi connectivity index (χ0n) is 9.13. The van der Waals surface area contributed by atoms with Crippen molar-refractivity contribution in [3.05, 3.63) is 0 Å². The molecule has 0 spiro atoms. The molecule has 0 aromatic heterocycles. The first-order chi connectivity index (χ1) is 7.36. The van der Waals surface area contributed by atoms with Crippen molar-refractivity contribution in [2.75, 3.05) is 19.7 Å². The van der Waals surface area contributed by atoms with Crippen molar-refractivity contribution in [3.63, 3.8) is 0 Å². The Hall–Kier alpha value is -0.610. The van der Waals surface area contributed by atoms with Crippen molar-refractivity contribution in [1.82, 2.24) is 10.6 Å². The van der Waals surface area contributed by atoms with Crippen molar-refractivity contribution in [2.24, 2.45) is 0 Å². The summed E-state index contributed by atoms with van der Waals surface area (Å²) < 4.78 is 5.49. The van der Waals surface area contributed by atoms with Crippen molar-refractivity contribution in [2.45, 2.75) is 44.2 Å². The van der Waals surface area contributed by atoms with Crippen molar-refractivity contribution < 1.29 is 9.53 Å². The molecule has 4 nitrogen and oxygen atoms in total. The fraction of sp³-hybridized carbons (Fsp3) is 0.909. The van der Waals surface area contributed by atoms with Crippen LogP contribution in [0.2, 0.25) is 0 Å². The summed E-state index contributed by atoms with van der Waals surface area (Å²) >= 11 is 0. The first kappa shape index (κ1) is 10.9. The average Bonchev–Trinajstić information content (AvgIpc) is 2.90. The number of hydrogen-bond donors (Lipinski definition) is 2. The normalized spacial score (nSPS) is 30.7. The molecule has 0 saturated carbocycles. The van der Waals surface area contributed by atoms with E-state index in [1.807, 2.05) is 0 Å². The van der Waals surface area contributed by atoms with Gasteiger partial charge in [0.15, 0.2) is 0 Å². The minimum atomic E-state index is 0.0505. The Bertz CT molecular complexity index is 209. The lowest BCUT2D eigenvalue weighted by molar-refractivity contribution is -0.122. The standard InChI is InChI=1S/C11H20N2O2/c14-11(10-4-1-6-12-10)13-7-5-9-3-2-8-15-9/h9-10,12H,1-8H2,(H,13,14). The Balaban J connectivity index is 1.58. The highest BCUT2D eigenvalue weighted by atomic mass is 16.5. The molecule has 2 fully saturated rings. The Morgan fingerprint density at radius 3 is 3.00 bits per heavy atom. The van der Waals surface area contributed by atoms with Gasteiger partial charge in [0.05, 0.1) is 12.1 Å². The molecule has 86 valence electrons. The number of hydrogen-bond acceptors (Lipinski definition) is 3. The van der Waals surface area contributed by atoms with Gasteiger partial charge in [0, 0.05) is 13.2 Å². The number of carbonyl (C=O) groups excluding carboxylic acids is 1. The highest BCUT2D eigenvalue weighted by molar-refractivity contribution is 5.81. The molecule has 4 heteroatoms. The van der Waals surface area contributed by atoms with Crippen LogP contribution in [0.1, 0.15) is 32.1 Å². The van der Waals surface area contributed by atoms with Gasteiger partial charge in [-0.05, 0) is 38.6 Å². The Kier molecular flexibility index (Phi) is 3.97. The van der Waals surface area contributed by atoms with Crippen molar-refractivity contribution in [1.29, 1.82) is 0 Å². The fourth-order valence-corrected chi connectivity index (χ4v) is 2.26. The molecule has 1 amide bonds. The first-order valence-corrected chi connectivity index (χ1v) is 5.99. The van der Waals surface area contributed by atoms with Gasteiger partial charge >= 0.3 is 0 Å². The highest BCUT2D eigenvalue weighted by Crippen LogP contribution is 2.14. The second-order valence-electron chi connectivity index (χ2n) is 4.36. The smallest absolute Gasteiger partial charge is 0.237 e. The molecule has 2 saturated heterocycles. The lowest BCUT2D eigenvalue weighted by Gasteiger charge is -2.13. The SMILES string of the molecule is O=C(NCCC1CCCO1)C1CCCN1. The zero-order chi connectivity index (χ0) is 10.5. The minimum absolute atomic E-state index is 0.0505. The molecule has 2 aliphatic rings. The van der Waals surface area contributed by atoms with Gasteiger partial charge in [-0.25, -0.2) is 0 Å². The van der Waals surface area contributed by atoms with Crippen LogP contribution in [0.5, 0.6) is 0 Å².